The molecule has 4 rings (SSSR count). The van der Waals surface area contributed by atoms with Gasteiger partial charge in [-0.25, -0.2) is 0 Å². The van der Waals surface area contributed by atoms with Gasteiger partial charge in [-0.3, -0.25) is 14.4 Å². The van der Waals surface area contributed by atoms with E-state index in [0.717, 1.165) is 32.1 Å². The lowest BCUT2D eigenvalue weighted by molar-refractivity contribution is -0.179. The molecule has 0 bridgehead atoms. The molecular formula is C24H32O4. The second-order valence-corrected chi connectivity index (χ2v) is 9.78. The molecule has 0 N–H and O–H groups in total. The minimum absolute atomic E-state index is 0.0265. The Hall–Kier alpha value is -1.71. The van der Waals surface area contributed by atoms with Crippen molar-refractivity contribution < 1.29 is 19.1 Å². The van der Waals surface area contributed by atoms with Crippen molar-refractivity contribution in [1.82, 2.24) is 0 Å². The number of Topliss-reactive ketones (excluding diaryl/α,β-unsaturated/α-hetero) is 1. The monoisotopic (exact) mass is 384 g/mol. The Balaban J connectivity index is 1.75. The molecule has 4 nitrogen and oxygen atoms in total. The largest absolute Gasteiger partial charge is 0.462 e. The van der Waals surface area contributed by atoms with Crippen LogP contribution in [0.2, 0.25) is 0 Å². The quantitative estimate of drug-likeness (QED) is 0.675. The van der Waals surface area contributed by atoms with E-state index in [1.807, 2.05) is 13.0 Å². The minimum Gasteiger partial charge on any atom is -0.462 e. The Kier molecular flexibility index (Phi) is 4.67. The molecule has 4 heteroatoms. The Morgan fingerprint density at radius 1 is 1.18 bits per heavy atom. The fourth-order valence-corrected chi connectivity index (χ4v) is 7.22. The molecular weight excluding hydrogens is 352 g/mol. The van der Waals surface area contributed by atoms with Gasteiger partial charge in [0.25, 0.3) is 0 Å². The molecule has 152 valence electrons. The third-order valence-electron chi connectivity index (χ3n) is 8.68. The summed E-state index contributed by atoms with van der Waals surface area (Å²) in [7, 11) is 0. The summed E-state index contributed by atoms with van der Waals surface area (Å²) >= 11 is 0. The van der Waals surface area contributed by atoms with Gasteiger partial charge in [-0.05, 0) is 68.9 Å². The van der Waals surface area contributed by atoms with E-state index in [1.54, 1.807) is 13.0 Å². The van der Waals surface area contributed by atoms with Crippen LogP contribution in [0.4, 0.5) is 0 Å². The number of fused-ring (bicyclic) bond motifs is 5. The number of hydrogen-bond acceptors (Lipinski definition) is 4. The first-order chi connectivity index (χ1) is 13.2. The van der Waals surface area contributed by atoms with Crippen LogP contribution in [0.1, 0.15) is 66.2 Å². The Bertz CT molecular complexity index is 777. The summed E-state index contributed by atoms with van der Waals surface area (Å²) < 4.78 is 6.03. The van der Waals surface area contributed by atoms with Gasteiger partial charge in [0.05, 0.1) is 0 Å². The molecule has 0 spiro atoms. The summed E-state index contributed by atoms with van der Waals surface area (Å²) in [5, 5.41) is 0. The van der Waals surface area contributed by atoms with E-state index >= 15 is 0 Å². The standard InChI is InChI=1S/C24H32O4/c1-5-22(27)28-21-13-20-17(19-9-8-18(14(2)25)24(19,21)4)7-6-15-12-16(26)10-11-23(15,20)3/h10-12,17-21H,5-9,13H2,1-4H3/t17-,18+,19-,20-,21-,23-,24+/m0/s1. The van der Waals surface area contributed by atoms with Gasteiger partial charge < -0.3 is 4.74 Å². The van der Waals surface area contributed by atoms with E-state index in [2.05, 4.69) is 19.9 Å². The number of carbonyl (C=O) groups is 3. The van der Waals surface area contributed by atoms with Crippen LogP contribution in [0.5, 0.6) is 0 Å². The second-order valence-electron chi connectivity index (χ2n) is 9.78. The van der Waals surface area contributed by atoms with Crippen LogP contribution in [-0.2, 0) is 19.1 Å². The lowest BCUT2D eigenvalue weighted by Crippen LogP contribution is -2.57. The third-order valence-corrected chi connectivity index (χ3v) is 8.68. The highest BCUT2D eigenvalue weighted by molar-refractivity contribution is 6.01. The predicted molar refractivity (Wildman–Crippen MR) is 106 cm³/mol. The van der Waals surface area contributed by atoms with Crippen LogP contribution in [0.15, 0.2) is 23.8 Å². The van der Waals surface area contributed by atoms with Crippen molar-refractivity contribution in [2.75, 3.05) is 0 Å². The van der Waals surface area contributed by atoms with Crippen molar-refractivity contribution in [2.24, 2.45) is 34.5 Å². The molecule has 4 aliphatic carbocycles. The van der Waals surface area contributed by atoms with Crippen LogP contribution in [0, 0.1) is 34.5 Å². The van der Waals surface area contributed by atoms with Crippen LogP contribution >= 0.6 is 0 Å². The summed E-state index contributed by atoms with van der Waals surface area (Å²) in [4.78, 5) is 36.7. The summed E-state index contributed by atoms with van der Waals surface area (Å²) in [5.74, 6) is 1.34. The van der Waals surface area contributed by atoms with Crippen molar-refractivity contribution >= 4 is 17.5 Å². The Morgan fingerprint density at radius 3 is 2.61 bits per heavy atom. The molecule has 0 aromatic carbocycles. The number of rotatable bonds is 3. The summed E-state index contributed by atoms with van der Waals surface area (Å²) in [5.41, 5.74) is 0.805. The van der Waals surface area contributed by atoms with E-state index < -0.39 is 0 Å². The zero-order chi connectivity index (χ0) is 20.3. The molecule has 0 heterocycles. The van der Waals surface area contributed by atoms with E-state index in [0.29, 0.717) is 24.2 Å². The van der Waals surface area contributed by atoms with Gasteiger partial charge >= 0.3 is 5.97 Å². The van der Waals surface area contributed by atoms with Crippen molar-refractivity contribution in [3.05, 3.63) is 23.8 Å². The Labute approximate surface area is 167 Å². The van der Waals surface area contributed by atoms with Crippen LogP contribution in [0.3, 0.4) is 0 Å². The summed E-state index contributed by atoms with van der Waals surface area (Å²) in [6, 6.07) is 0. The van der Waals surface area contributed by atoms with Gasteiger partial charge in [-0.15, -0.1) is 0 Å². The summed E-state index contributed by atoms with van der Waals surface area (Å²) in [6.45, 7) is 7.97. The predicted octanol–water partition coefficient (Wildman–Crippen LogP) is 4.43. The topological polar surface area (TPSA) is 60.4 Å². The van der Waals surface area contributed by atoms with Crippen molar-refractivity contribution in [2.45, 2.75) is 72.3 Å². The molecule has 0 aliphatic heterocycles. The highest BCUT2D eigenvalue weighted by atomic mass is 16.5. The van der Waals surface area contributed by atoms with E-state index in [1.165, 1.54) is 5.57 Å². The number of allylic oxidation sites excluding steroid dienone is 4. The molecule has 3 fully saturated rings. The number of carbonyl (C=O) groups excluding carboxylic acids is 3. The fourth-order valence-electron chi connectivity index (χ4n) is 7.22. The molecule has 0 saturated heterocycles. The molecule has 7 atom stereocenters. The van der Waals surface area contributed by atoms with Gasteiger partial charge in [0.15, 0.2) is 5.78 Å². The van der Waals surface area contributed by atoms with Gasteiger partial charge in [0.2, 0.25) is 0 Å². The molecule has 3 saturated carbocycles. The first-order valence-electron chi connectivity index (χ1n) is 10.9. The number of hydrogen-bond donors (Lipinski definition) is 0. The van der Waals surface area contributed by atoms with Crippen LogP contribution in [-0.4, -0.2) is 23.6 Å². The average Bonchev–Trinajstić information content (AvgIpc) is 3.01. The van der Waals surface area contributed by atoms with Crippen molar-refractivity contribution in [1.29, 1.82) is 0 Å². The molecule has 0 unspecified atom stereocenters. The SMILES string of the molecule is CCC(=O)O[C@H]1C[C@H]2[C@@H](CCC3=CC(=O)C=C[C@@]32C)[C@@H]2CC[C@H](C(C)=O)[C@@]12C. The molecule has 0 aromatic rings. The molecule has 28 heavy (non-hydrogen) atoms. The smallest absolute Gasteiger partial charge is 0.305 e. The highest BCUT2D eigenvalue weighted by Gasteiger charge is 2.64. The maximum absolute atomic E-state index is 12.5. The maximum atomic E-state index is 12.5. The zero-order valence-electron chi connectivity index (χ0n) is 17.5. The molecule has 4 aliphatic rings. The van der Waals surface area contributed by atoms with E-state index in [4.69, 9.17) is 4.74 Å². The average molecular weight is 385 g/mol. The lowest BCUT2D eigenvalue weighted by Gasteiger charge is -2.59. The first-order valence-corrected chi connectivity index (χ1v) is 10.9. The van der Waals surface area contributed by atoms with E-state index in [9.17, 15) is 14.4 Å². The van der Waals surface area contributed by atoms with Crippen LogP contribution < -0.4 is 0 Å². The van der Waals surface area contributed by atoms with Gasteiger partial charge in [-0.2, -0.15) is 0 Å². The van der Waals surface area contributed by atoms with Crippen molar-refractivity contribution in [3.8, 4) is 0 Å². The van der Waals surface area contributed by atoms with Gasteiger partial charge in [-0.1, -0.05) is 32.4 Å². The molecule has 0 aromatic heterocycles. The Morgan fingerprint density at radius 2 is 1.93 bits per heavy atom. The molecule has 0 amide bonds. The van der Waals surface area contributed by atoms with Crippen molar-refractivity contribution in [3.63, 3.8) is 0 Å². The first kappa shape index (κ1) is 19.6. The van der Waals surface area contributed by atoms with E-state index in [-0.39, 0.29) is 40.4 Å². The third kappa shape index (κ3) is 2.67. The number of ketones is 2. The molecule has 0 radical (unpaired) electrons. The lowest BCUT2D eigenvalue weighted by atomic mass is 9.46. The summed E-state index contributed by atoms with van der Waals surface area (Å²) in [6.07, 6.45) is 10.5. The number of esters is 1. The number of ether oxygens (including phenoxy) is 1. The normalized spacial score (nSPS) is 44.2. The zero-order valence-corrected chi connectivity index (χ0v) is 17.5. The fraction of sp³-hybridized carbons (Fsp3) is 0.708. The highest BCUT2D eigenvalue weighted by Crippen LogP contribution is 2.66. The van der Waals surface area contributed by atoms with Gasteiger partial charge in [0, 0.05) is 23.2 Å². The minimum atomic E-state index is -0.274. The maximum Gasteiger partial charge on any atom is 0.305 e. The second kappa shape index (κ2) is 6.67. The van der Waals surface area contributed by atoms with Crippen LogP contribution in [0.25, 0.3) is 0 Å². The van der Waals surface area contributed by atoms with Gasteiger partial charge in [0.1, 0.15) is 11.9 Å².